The Hall–Kier alpha value is -0.0800. The van der Waals surface area contributed by atoms with Crippen molar-refractivity contribution in [1.82, 2.24) is 5.32 Å². The van der Waals surface area contributed by atoms with Gasteiger partial charge in [0.05, 0.1) is 6.61 Å². The maximum atomic E-state index is 4.97. The van der Waals surface area contributed by atoms with Gasteiger partial charge in [0.25, 0.3) is 0 Å². The minimum atomic E-state index is 0.755. The van der Waals surface area contributed by atoms with E-state index in [0.717, 1.165) is 25.1 Å². The standard InChI is InChI=1S/C9H19NO/c1-8-4-3-5-9(8)10-6-7-11-2/h8-10H,3-7H2,1-2H3/t8-,9-/m1/s1. The molecule has 2 atom stereocenters. The zero-order valence-corrected chi connectivity index (χ0v) is 7.60. The van der Waals surface area contributed by atoms with E-state index in [1.54, 1.807) is 7.11 Å². The van der Waals surface area contributed by atoms with Crippen LogP contribution >= 0.6 is 0 Å². The van der Waals surface area contributed by atoms with Crippen LogP contribution in [0.2, 0.25) is 0 Å². The van der Waals surface area contributed by atoms with Crippen LogP contribution in [0.1, 0.15) is 26.2 Å². The predicted molar refractivity (Wildman–Crippen MR) is 46.7 cm³/mol. The van der Waals surface area contributed by atoms with Crippen molar-refractivity contribution < 1.29 is 4.74 Å². The van der Waals surface area contributed by atoms with Gasteiger partial charge in [0.15, 0.2) is 0 Å². The van der Waals surface area contributed by atoms with Crippen molar-refractivity contribution in [3.05, 3.63) is 0 Å². The Labute approximate surface area is 69.3 Å². The number of rotatable bonds is 4. The molecule has 2 heteroatoms. The summed E-state index contributed by atoms with van der Waals surface area (Å²) < 4.78 is 4.97. The van der Waals surface area contributed by atoms with Crippen LogP contribution in [-0.2, 0) is 4.74 Å². The molecule has 1 rings (SSSR count). The summed E-state index contributed by atoms with van der Waals surface area (Å²) in [6, 6.07) is 0.755. The van der Waals surface area contributed by atoms with Crippen molar-refractivity contribution in [2.45, 2.75) is 32.2 Å². The lowest BCUT2D eigenvalue weighted by Gasteiger charge is -2.16. The first-order valence-corrected chi connectivity index (χ1v) is 4.57. The molecular weight excluding hydrogens is 138 g/mol. The Morgan fingerprint density at radius 2 is 2.27 bits per heavy atom. The van der Waals surface area contributed by atoms with Crippen molar-refractivity contribution >= 4 is 0 Å². The lowest BCUT2D eigenvalue weighted by molar-refractivity contribution is 0.193. The predicted octanol–water partition coefficient (Wildman–Crippen LogP) is 1.41. The van der Waals surface area contributed by atoms with Crippen LogP contribution in [0.25, 0.3) is 0 Å². The molecule has 1 fully saturated rings. The molecule has 0 unspecified atom stereocenters. The summed E-state index contributed by atoms with van der Waals surface area (Å²) >= 11 is 0. The summed E-state index contributed by atoms with van der Waals surface area (Å²) in [6.07, 6.45) is 4.14. The molecule has 0 aromatic rings. The molecule has 0 aromatic heterocycles. The summed E-state index contributed by atoms with van der Waals surface area (Å²) in [5, 5.41) is 3.51. The summed E-state index contributed by atoms with van der Waals surface area (Å²) in [4.78, 5) is 0. The van der Waals surface area contributed by atoms with Gasteiger partial charge in [-0.05, 0) is 18.8 Å². The first-order chi connectivity index (χ1) is 5.34. The third kappa shape index (κ3) is 2.80. The van der Waals surface area contributed by atoms with Crippen molar-refractivity contribution in [1.29, 1.82) is 0 Å². The lowest BCUT2D eigenvalue weighted by Crippen LogP contribution is -2.33. The molecule has 0 bridgehead atoms. The van der Waals surface area contributed by atoms with Crippen LogP contribution in [0, 0.1) is 5.92 Å². The summed E-state index contributed by atoms with van der Waals surface area (Å²) in [6.45, 7) is 4.17. The van der Waals surface area contributed by atoms with E-state index in [1.807, 2.05) is 0 Å². The molecule has 1 aliphatic rings. The Morgan fingerprint density at radius 3 is 2.82 bits per heavy atom. The Morgan fingerprint density at radius 1 is 1.45 bits per heavy atom. The van der Waals surface area contributed by atoms with Gasteiger partial charge in [-0.3, -0.25) is 0 Å². The Kier molecular flexibility index (Phi) is 3.87. The largest absolute Gasteiger partial charge is 0.383 e. The molecule has 0 amide bonds. The second-order valence-electron chi connectivity index (χ2n) is 3.46. The molecule has 66 valence electrons. The number of methoxy groups -OCH3 is 1. The fraction of sp³-hybridized carbons (Fsp3) is 1.00. The number of hydrogen-bond acceptors (Lipinski definition) is 2. The van der Waals surface area contributed by atoms with Crippen LogP contribution in [0.15, 0.2) is 0 Å². The molecule has 0 radical (unpaired) electrons. The highest BCUT2D eigenvalue weighted by Crippen LogP contribution is 2.24. The van der Waals surface area contributed by atoms with Crippen LogP contribution in [0.5, 0.6) is 0 Å². The average molecular weight is 157 g/mol. The van der Waals surface area contributed by atoms with Gasteiger partial charge < -0.3 is 10.1 Å². The fourth-order valence-electron chi connectivity index (χ4n) is 1.80. The second kappa shape index (κ2) is 4.73. The first kappa shape index (κ1) is 9.01. The zero-order chi connectivity index (χ0) is 8.10. The maximum absolute atomic E-state index is 4.97. The third-order valence-corrected chi connectivity index (χ3v) is 2.57. The Balaban J connectivity index is 2.05. The average Bonchev–Trinajstić information content (AvgIpc) is 2.37. The second-order valence-corrected chi connectivity index (χ2v) is 3.46. The minimum Gasteiger partial charge on any atom is -0.383 e. The van der Waals surface area contributed by atoms with Crippen molar-refractivity contribution in [3.8, 4) is 0 Å². The van der Waals surface area contributed by atoms with Gasteiger partial charge in [-0.25, -0.2) is 0 Å². The first-order valence-electron chi connectivity index (χ1n) is 4.57. The summed E-state index contributed by atoms with van der Waals surface area (Å²) in [5.41, 5.74) is 0. The van der Waals surface area contributed by atoms with Gasteiger partial charge in [0, 0.05) is 19.7 Å². The van der Waals surface area contributed by atoms with E-state index in [-0.39, 0.29) is 0 Å². The number of ether oxygens (including phenoxy) is 1. The molecule has 1 aliphatic carbocycles. The molecule has 0 heterocycles. The SMILES string of the molecule is COCCN[C@@H]1CCC[C@H]1C. The van der Waals surface area contributed by atoms with E-state index in [9.17, 15) is 0 Å². The van der Waals surface area contributed by atoms with Crippen LogP contribution in [-0.4, -0.2) is 26.3 Å². The van der Waals surface area contributed by atoms with Crippen LogP contribution < -0.4 is 5.32 Å². The molecule has 1 saturated carbocycles. The van der Waals surface area contributed by atoms with Crippen molar-refractivity contribution in [2.24, 2.45) is 5.92 Å². The molecule has 2 nitrogen and oxygen atoms in total. The molecular formula is C9H19NO. The lowest BCUT2D eigenvalue weighted by atomic mass is 10.1. The van der Waals surface area contributed by atoms with E-state index in [4.69, 9.17) is 4.74 Å². The van der Waals surface area contributed by atoms with Crippen molar-refractivity contribution in [3.63, 3.8) is 0 Å². The van der Waals surface area contributed by atoms with E-state index in [2.05, 4.69) is 12.2 Å². The van der Waals surface area contributed by atoms with Gasteiger partial charge >= 0.3 is 0 Å². The van der Waals surface area contributed by atoms with Gasteiger partial charge in [-0.1, -0.05) is 13.3 Å². The van der Waals surface area contributed by atoms with E-state index >= 15 is 0 Å². The van der Waals surface area contributed by atoms with E-state index in [1.165, 1.54) is 19.3 Å². The monoisotopic (exact) mass is 157 g/mol. The highest BCUT2D eigenvalue weighted by molar-refractivity contribution is 4.79. The summed E-state index contributed by atoms with van der Waals surface area (Å²) in [5.74, 6) is 0.867. The quantitative estimate of drug-likeness (QED) is 0.623. The van der Waals surface area contributed by atoms with Crippen molar-refractivity contribution in [2.75, 3.05) is 20.3 Å². The fourth-order valence-corrected chi connectivity index (χ4v) is 1.80. The Bertz CT molecular complexity index is 106. The molecule has 1 N–H and O–H groups in total. The molecule has 11 heavy (non-hydrogen) atoms. The van der Waals surface area contributed by atoms with Gasteiger partial charge in [0.1, 0.15) is 0 Å². The highest BCUT2D eigenvalue weighted by atomic mass is 16.5. The van der Waals surface area contributed by atoms with Gasteiger partial charge in [0.2, 0.25) is 0 Å². The van der Waals surface area contributed by atoms with Crippen LogP contribution in [0.4, 0.5) is 0 Å². The third-order valence-electron chi connectivity index (χ3n) is 2.57. The normalized spacial score (nSPS) is 31.1. The van der Waals surface area contributed by atoms with E-state index in [0.29, 0.717) is 0 Å². The molecule has 0 aliphatic heterocycles. The topological polar surface area (TPSA) is 21.3 Å². The van der Waals surface area contributed by atoms with Gasteiger partial charge in [-0.2, -0.15) is 0 Å². The molecule has 0 saturated heterocycles. The van der Waals surface area contributed by atoms with Gasteiger partial charge in [-0.15, -0.1) is 0 Å². The smallest absolute Gasteiger partial charge is 0.0587 e. The van der Waals surface area contributed by atoms with Crippen LogP contribution in [0.3, 0.4) is 0 Å². The number of hydrogen-bond donors (Lipinski definition) is 1. The minimum absolute atomic E-state index is 0.755. The molecule has 0 aromatic carbocycles. The number of nitrogens with one attached hydrogen (secondary N) is 1. The molecule has 0 spiro atoms. The zero-order valence-electron chi connectivity index (χ0n) is 7.60. The summed E-state index contributed by atoms with van der Waals surface area (Å²) in [7, 11) is 1.75. The maximum Gasteiger partial charge on any atom is 0.0587 e. The van der Waals surface area contributed by atoms with E-state index < -0.39 is 0 Å². The highest BCUT2D eigenvalue weighted by Gasteiger charge is 2.21.